The third-order valence-corrected chi connectivity index (χ3v) is 4.31. The maximum atomic E-state index is 5.62. The molecule has 3 nitrogen and oxygen atoms in total. The van der Waals surface area contributed by atoms with E-state index < -0.39 is 0 Å². The molecule has 3 heterocycles. The molecule has 2 aliphatic rings. The van der Waals surface area contributed by atoms with Crippen LogP contribution in [0, 0.1) is 5.92 Å². The van der Waals surface area contributed by atoms with Gasteiger partial charge < -0.3 is 9.64 Å². The van der Waals surface area contributed by atoms with Crippen molar-refractivity contribution in [1.82, 2.24) is 4.98 Å². The summed E-state index contributed by atoms with van der Waals surface area (Å²) < 4.78 is 6.70. The second kappa shape index (κ2) is 4.58. The van der Waals surface area contributed by atoms with E-state index in [0.717, 1.165) is 37.2 Å². The standard InChI is InChI=1S/C13H17BrN2O/c1-2-16-7-9-8-17-4-3-11(9)12-5-10(14)6-15-13(12)16/h5-6,9,11H,2-4,7-8H2,1H3/t9-,11?/m1/s1. The number of ether oxygens (including phenoxy) is 1. The number of fused-ring (bicyclic) bond motifs is 3. The Balaban J connectivity index is 2.04. The minimum absolute atomic E-state index is 0.631. The fourth-order valence-corrected chi connectivity index (χ4v) is 3.37. The van der Waals surface area contributed by atoms with Crippen LogP contribution in [0.5, 0.6) is 0 Å². The lowest BCUT2D eigenvalue weighted by Crippen LogP contribution is -2.42. The zero-order chi connectivity index (χ0) is 11.8. The molecule has 3 rings (SSSR count). The second-order valence-electron chi connectivity index (χ2n) is 4.84. The summed E-state index contributed by atoms with van der Waals surface area (Å²) in [5, 5.41) is 0. The van der Waals surface area contributed by atoms with E-state index in [0.29, 0.717) is 11.8 Å². The van der Waals surface area contributed by atoms with Crippen LogP contribution in [0.15, 0.2) is 16.7 Å². The second-order valence-corrected chi connectivity index (χ2v) is 5.75. The highest BCUT2D eigenvalue weighted by Gasteiger charge is 2.35. The Hall–Kier alpha value is -0.610. The van der Waals surface area contributed by atoms with Crippen LogP contribution in [-0.2, 0) is 4.74 Å². The normalized spacial score (nSPS) is 27.5. The van der Waals surface area contributed by atoms with Gasteiger partial charge in [-0.05, 0) is 46.8 Å². The molecule has 17 heavy (non-hydrogen) atoms. The van der Waals surface area contributed by atoms with E-state index >= 15 is 0 Å². The molecule has 0 spiro atoms. The number of hydrogen-bond acceptors (Lipinski definition) is 3. The van der Waals surface area contributed by atoms with E-state index in [1.807, 2.05) is 6.20 Å². The van der Waals surface area contributed by atoms with Crippen LogP contribution in [0.4, 0.5) is 5.82 Å². The highest BCUT2D eigenvalue weighted by molar-refractivity contribution is 9.10. The van der Waals surface area contributed by atoms with Crippen LogP contribution < -0.4 is 4.90 Å². The van der Waals surface area contributed by atoms with E-state index in [4.69, 9.17) is 4.74 Å². The summed E-state index contributed by atoms with van der Waals surface area (Å²) in [5.41, 5.74) is 1.40. The monoisotopic (exact) mass is 296 g/mol. The molecule has 0 radical (unpaired) electrons. The first kappa shape index (κ1) is 11.5. The third-order valence-electron chi connectivity index (χ3n) is 3.87. The molecular weight excluding hydrogens is 280 g/mol. The predicted octanol–water partition coefficient (Wildman–Crippen LogP) is 2.80. The molecule has 0 saturated carbocycles. The van der Waals surface area contributed by atoms with E-state index in [-0.39, 0.29) is 0 Å². The van der Waals surface area contributed by atoms with Crippen molar-refractivity contribution in [1.29, 1.82) is 0 Å². The molecule has 0 bridgehead atoms. The van der Waals surface area contributed by atoms with Crippen molar-refractivity contribution in [2.24, 2.45) is 5.92 Å². The molecule has 4 heteroatoms. The summed E-state index contributed by atoms with van der Waals surface area (Å²) in [5.74, 6) is 2.44. The number of halogens is 1. The average Bonchev–Trinajstić information content (AvgIpc) is 2.37. The molecule has 2 atom stereocenters. The summed E-state index contributed by atoms with van der Waals surface area (Å²) in [7, 11) is 0. The van der Waals surface area contributed by atoms with E-state index in [2.05, 4.69) is 38.8 Å². The molecule has 1 aromatic heterocycles. The Labute approximate surface area is 110 Å². The summed E-state index contributed by atoms with van der Waals surface area (Å²) in [4.78, 5) is 6.97. The lowest BCUT2D eigenvalue weighted by molar-refractivity contribution is 0.0401. The SMILES string of the molecule is CCN1C[C@@H]2COCCC2c2cc(Br)cnc21. The lowest BCUT2D eigenvalue weighted by Gasteiger charge is -2.42. The Kier molecular flexibility index (Phi) is 3.09. The van der Waals surface area contributed by atoms with Crippen LogP contribution >= 0.6 is 15.9 Å². The topological polar surface area (TPSA) is 25.4 Å². The number of hydrogen-bond donors (Lipinski definition) is 0. The summed E-state index contributed by atoms with van der Waals surface area (Å²) >= 11 is 3.54. The van der Waals surface area contributed by atoms with Crippen molar-refractivity contribution < 1.29 is 4.74 Å². The number of nitrogens with zero attached hydrogens (tertiary/aromatic N) is 2. The first-order chi connectivity index (χ1) is 8.29. The van der Waals surface area contributed by atoms with Crippen LogP contribution in [0.25, 0.3) is 0 Å². The lowest BCUT2D eigenvalue weighted by atomic mass is 9.80. The van der Waals surface area contributed by atoms with Gasteiger partial charge in [0.25, 0.3) is 0 Å². The van der Waals surface area contributed by atoms with E-state index in [1.54, 1.807) is 0 Å². The Bertz CT molecular complexity index is 424. The maximum absolute atomic E-state index is 5.62. The molecule has 1 saturated heterocycles. The Morgan fingerprint density at radius 3 is 3.29 bits per heavy atom. The fraction of sp³-hybridized carbons (Fsp3) is 0.615. The highest BCUT2D eigenvalue weighted by atomic mass is 79.9. The predicted molar refractivity (Wildman–Crippen MR) is 71.5 cm³/mol. The van der Waals surface area contributed by atoms with Gasteiger partial charge in [0.15, 0.2) is 0 Å². The van der Waals surface area contributed by atoms with Gasteiger partial charge in [-0.15, -0.1) is 0 Å². The van der Waals surface area contributed by atoms with Crippen LogP contribution in [0.3, 0.4) is 0 Å². The van der Waals surface area contributed by atoms with Crippen LogP contribution in [0.1, 0.15) is 24.8 Å². The van der Waals surface area contributed by atoms with Crippen molar-refractivity contribution in [3.8, 4) is 0 Å². The molecule has 2 aliphatic heterocycles. The number of anilines is 1. The van der Waals surface area contributed by atoms with Gasteiger partial charge in [-0.3, -0.25) is 0 Å². The molecule has 0 aromatic carbocycles. The van der Waals surface area contributed by atoms with Gasteiger partial charge in [-0.2, -0.15) is 0 Å². The first-order valence-corrected chi connectivity index (χ1v) is 7.07. The van der Waals surface area contributed by atoms with E-state index in [9.17, 15) is 0 Å². The van der Waals surface area contributed by atoms with Crippen molar-refractivity contribution in [2.75, 3.05) is 31.2 Å². The molecule has 1 aromatic rings. The maximum Gasteiger partial charge on any atom is 0.132 e. The van der Waals surface area contributed by atoms with Gasteiger partial charge in [0, 0.05) is 36.3 Å². The van der Waals surface area contributed by atoms with Gasteiger partial charge in [0.2, 0.25) is 0 Å². The van der Waals surface area contributed by atoms with Crippen LogP contribution in [-0.4, -0.2) is 31.3 Å². The summed E-state index contributed by atoms with van der Waals surface area (Å²) in [6.07, 6.45) is 3.04. The zero-order valence-electron chi connectivity index (χ0n) is 10.0. The zero-order valence-corrected chi connectivity index (χ0v) is 11.6. The number of aromatic nitrogens is 1. The minimum Gasteiger partial charge on any atom is -0.381 e. The molecule has 92 valence electrons. The van der Waals surface area contributed by atoms with Crippen molar-refractivity contribution >= 4 is 21.7 Å². The molecule has 0 amide bonds. The quantitative estimate of drug-likeness (QED) is 0.797. The summed E-state index contributed by atoms with van der Waals surface area (Å²) in [6.45, 7) is 6.08. The molecule has 1 fully saturated rings. The van der Waals surface area contributed by atoms with Gasteiger partial charge in [-0.25, -0.2) is 4.98 Å². The first-order valence-electron chi connectivity index (χ1n) is 6.27. The van der Waals surface area contributed by atoms with E-state index in [1.165, 1.54) is 11.4 Å². The van der Waals surface area contributed by atoms with Gasteiger partial charge >= 0.3 is 0 Å². The Morgan fingerprint density at radius 2 is 2.47 bits per heavy atom. The molecule has 0 N–H and O–H groups in total. The largest absolute Gasteiger partial charge is 0.381 e. The van der Waals surface area contributed by atoms with Crippen molar-refractivity contribution in [3.63, 3.8) is 0 Å². The van der Waals surface area contributed by atoms with Crippen LogP contribution in [0.2, 0.25) is 0 Å². The number of rotatable bonds is 1. The molecular formula is C13H17BrN2O. The fourth-order valence-electron chi connectivity index (χ4n) is 3.02. The summed E-state index contributed by atoms with van der Waals surface area (Å²) in [6, 6.07) is 2.24. The molecule has 0 aliphatic carbocycles. The Morgan fingerprint density at radius 1 is 1.59 bits per heavy atom. The van der Waals surface area contributed by atoms with Gasteiger partial charge in [0.1, 0.15) is 5.82 Å². The van der Waals surface area contributed by atoms with Crippen molar-refractivity contribution in [3.05, 3.63) is 22.3 Å². The van der Waals surface area contributed by atoms with Gasteiger partial charge in [-0.1, -0.05) is 0 Å². The van der Waals surface area contributed by atoms with Gasteiger partial charge in [0.05, 0.1) is 6.61 Å². The highest BCUT2D eigenvalue weighted by Crippen LogP contribution is 2.42. The number of pyridine rings is 1. The van der Waals surface area contributed by atoms with Crippen molar-refractivity contribution in [2.45, 2.75) is 19.3 Å². The average molecular weight is 297 g/mol. The molecule has 1 unspecified atom stereocenters. The third kappa shape index (κ3) is 1.97. The minimum atomic E-state index is 0.631. The smallest absolute Gasteiger partial charge is 0.132 e.